The lowest BCUT2D eigenvalue weighted by Gasteiger charge is -2.36. The van der Waals surface area contributed by atoms with E-state index in [4.69, 9.17) is 16.3 Å². The zero-order valence-electron chi connectivity index (χ0n) is 11.8. The topological polar surface area (TPSA) is 72.5 Å². The van der Waals surface area contributed by atoms with Gasteiger partial charge in [-0.15, -0.1) is 0 Å². The third-order valence-electron chi connectivity index (χ3n) is 3.57. The van der Waals surface area contributed by atoms with Crippen molar-refractivity contribution in [2.24, 2.45) is 0 Å². The van der Waals surface area contributed by atoms with Crippen LogP contribution < -0.4 is 5.32 Å². The molecule has 5 nitrogen and oxygen atoms in total. The molecule has 1 N–H and O–H groups in total. The number of ether oxygens (including phenoxy) is 1. The summed E-state index contributed by atoms with van der Waals surface area (Å²) in [5, 5.41) is 3.74. The summed E-state index contributed by atoms with van der Waals surface area (Å²) < 4.78 is 28.4. The van der Waals surface area contributed by atoms with Crippen molar-refractivity contribution in [3.05, 3.63) is 29.3 Å². The Labute approximate surface area is 129 Å². The van der Waals surface area contributed by atoms with E-state index in [1.165, 1.54) is 0 Å². The first kappa shape index (κ1) is 16.1. The van der Waals surface area contributed by atoms with Crippen LogP contribution in [0.15, 0.2) is 24.3 Å². The Morgan fingerprint density at radius 1 is 1.29 bits per heavy atom. The van der Waals surface area contributed by atoms with Crippen LogP contribution in [0.3, 0.4) is 0 Å². The number of hydrogen-bond acceptors (Lipinski definition) is 5. The zero-order chi connectivity index (χ0) is 15.5. The van der Waals surface area contributed by atoms with E-state index in [0.29, 0.717) is 10.7 Å². The molecule has 21 heavy (non-hydrogen) atoms. The van der Waals surface area contributed by atoms with Gasteiger partial charge in [-0.2, -0.15) is 0 Å². The van der Waals surface area contributed by atoms with Crippen molar-refractivity contribution in [3.8, 4) is 0 Å². The summed E-state index contributed by atoms with van der Waals surface area (Å²) in [4.78, 5) is 12.3. The fourth-order valence-electron chi connectivity index (χ4n) is 2.35. The van der Waals surface area contributed by atoms with Crippen LogP contribution in [0.5, 0.6) is 0 Å². The Morgan fingerprint density at radius 3 is 2.38 bits per heavy atom. The van der Waals surface area contributed by atoms with Crippen LogP contribution in [0, 0.1) is 0 Å². The number of halogens is 1. The quantitative estimate of drug-likeness (QED) is 0.857. The van der Waals surface area contributed by atoms with Crippen molar-refractivity contribution in [1.29, 1.82) is 0 Å². The maximum absolute atomic E-state index is 12.3. The molecule has 0 radical (unpaired) electrons. The molecule has 1 aromatic rings. The van der Waals surface area contributed by atoms with Crippen LogP contribution in [-0.2, 0) is 19.4 Å². The number of esters is 1. The molecule has 0 aliphatic carbocycles. The van der Waals surface area contributed by atoms with Gasteiger partial charge in [0.1, 0.15) is 5.54 Å². The number of carbonyl (C=O) groups excluding carboxylic acids is 1. The maximum atomic E-state index is 12.3. The average Bonchev–Trinajstić information content (AvgIpc) is 2.44. The molecule has 0 spiro atoms. The second-order valence-electron chi connectivity index (χ2n) is 5.09. The van der Waals surface area contributed by atoms with Gasteiger partial charge < -0.3 is 10.1 Å². The Kier molecular flexibility index (Phi) is 4.78. The molecule has 7 heteroatoms. The van der Waals surface area contributed by atoms with Gasteiger partial charge in [0.15, 0.2) is 9.84 Å². The number of rotatable bonds is 4. The molecule has 0 bridgehead atoms. The van der Waals surface area contributed by atoms with E-state index in [9.17, 15) is 13.2 Å². The average molecular weight is 332 g/mol. The molecule has 1 fully saturated rings. The second kappa shape index (κ2) is 6.23. The highest BCUT2D eigenvalue weighted by molar-refractivity contribution is 7.91. The summed E-state index contributed by atoms with van der Waals surface area (Å²) >= 11 is 5.84. The van der Waals surface area contributed by atoms with Gasteiger partial charge in [-0.25, -0.2) is 13.2 Å². The molecule has 0 unspecified atom stereocenters. The molecule has 1 aliphatic rings. The lowest BCUT2D eigenvalue weighted by Crippen LogP contribution is -2.52. The van der Waals surface area contributed by atoms with Gasteiger partial charge in [0.2, 0.25) is 0 Å². The largest absolute Gasteiger partial charge is 0.464 e. The number of nitrogens with one attached hydrogen (secondary N) is 1. The van der Waals surface area contributed by atoms with E-state index in [0.717, 1.165) is 0 Å². The number of anilines is 1. The fourth-order valence-corrected chi connectivity index (χ4v) is 3.99. The summed E-state index contributed by atoms with van der Waals surface area (Å²) in [5.41, 5.74) is -0.276. The smallest absolute Gasteiger partial charge is 0.331 e. The van der Waals surface area contributed by atoms with E-state index in [1.54, 1.807) is 31.2 Å². The Morgan fingerprint density at radius 2 is 1.86 bits per heavy atom. The highest BCUT2D eigenvalue weighted by atomic mass is 35.5. The van der Waals surface area contributed by atoms with E-state index < -0.39 is 21.3 Å². The SMILES string of the molecule is CCOC(=O)C1(Nc2ccc(Cl)cc2)CCS(=O)(=O)CC1. The van der Waals surface area contributed by atoms with Crippen LogP contribution in [0.4, 0.5) is 5.69 Å². The van der Waals surface area contributed by atoms with Gasteiger partial charge in [-0.1, -0.05) is 11.6 Å². The molecule has 2 rings (SSSR count). The van der Waals surface area contributed by atoms with Crippen molar-refractivity contribution in [3.63, 3.8) is 0 Å². The zero-order valence-corrected chi connectivity index (χ0v) is 13.3. The molecule has 1 saturated heterocycles. The molecular weight excluding hydrogens is 314 g/mol. The van der Waals surface area contributed by atoms with Gasteiger partial charge in [0.05, 0.1) is 18.1 Å². The first-order valence-corrected chi connectivity index (χ1v) is 8.98. The third-order valence-corrected chi connectivity index (χ3v) is 5.48. The third kappa shape index (κ3) is 3.89. The summed E-state index contributed by atoms with van der Waals surface area (Å²) in [6, 6.07) is 6.93. The minimum Gasteiger partial charge on any atom is -0.464 e. The molecule has 1 aliphatic heterocycles. The highest BCUT2D eigenvalue weighted by Gasteiger charge is 2.44. The Balaban J connectivity index is 2.24. The van der Waals surface area contributed by atoms with Gasteiger partial charge in [-0.05, 0) is 44.0 Å². The normalized spacial score (nSPS) is 19.7. The van der Waals surface area contributed by atoms with Crippen molar-refractivity contribution in [1.82, 2.24) is 0 Å². The van der Waals surface area contributed by atoms with Gasteiger partial charge in [-0.3, -0.25) is 0 Å². The standard InChI is InChI=1S/C14H18ClNO4S/c1-2-20-13(17)14(7-9-21(18,19)10-8-14)16-12-5-3-11(15)4-6-12/h3-6,16H,2,7-10H2,1H3. The van der Waals surface area contributed by atoms with E-state index in [1.807, 2.05) is 0 Å². The lowest BCUT2D eigenvalue weighted by atomic mass is 9.91. The van der Waals surface area contributed by atoms with Crippen molar-refractivity contribution >= 4 is 33.1 Å². The maximum Gasteiger partial charge on any atom is 0.331 e. The monoisotopic (exact) mass is 331 g/mol. The Hall–Kier alpha value is -1.27. The minimum atomic E-state index is -3.07. The van der Waals surface area contributed by atoms with E-state index >= 15 is 0 Å². The minimum absolute atomic E-state index is 0.0214. The van der Waals surface area contributed by atoms with Crippen molar-refractivity contribution in [2.75, 3.05) is 23.4 Å². The molecule has 116 valence electrons. The fraction of sp³-hybridized carbons (Fsp3) is 0.500. The van der Waals surface area contributed by atoms with E-state index in [-0.39, 0.29) is 31.0 Å². The molecule has 0 saturated carbocycles. The van der Waals surface area contributed by atoms with Crippen molar-refractivity contribution < 1.29 is 17.9 Å². The number of hydrogen-bond donors (Lipinski definition) is 1. The number of carbonyl (C=O) groups is 1. The van der Waals surface area contributed by atoms with Gasteiger partial charge in [0.25, 0.3) is 0 Å². The Bertz CT molecular complexity index is 598. The first-order chi connectivity index (χ1) is 9.87. The molecule has 0 atom stereocenters. The van der Waals surface area contributed by atoms with Crippen LogP contribution in [0.25, 0.3) is 0 Å². The molecule has 1 aromatic carbocycles. The summed E-state index contributed by atoms with van der Waals surface area (Å²) in [5.74, 6) is -0.450. The summed E-state index contributed by atoms with van der Waals surface area (Å²) in [6.07, 6.45) is 0.410. The van der Waals surface area contributed by atoms with Gasteiger partial charge >= 0.3 is 5.97 Å². The molecule has 0 amide bonds. The lowest BCUT2D eigenvalue weighted by molar-refractivity contribution is -0.148. The van der Waals surface area contributed by atoms with Crippen LogP contribution in [-0.4, -0.2) is 38.0 Å². The first-order valence-electron chi connectivity index (χ1n) is 6.78. The van der Waals surface area contributed by atoms with Crippen LogP contribution in [0.1, 0.15) is 19.8 Å². The van der Waals surface area contributed by atoms with Gasteiger partial charge in [0, 0.05) is 10.7 Å². The van der Waals surface area contributed by atoms with Crippen LogP contribution in [0.2, 0.25) is 5.02 Å². The van der Waals surface area contributed by atoms with Crippen molar-refractivity contribution in [2.45, 2.75) is 25.3 Å². The van der Waals surface area contributed by atoms with Crippen LogP contribution >= 0.6 is 11.6 Å². The molecule has 1 heterocycles. The predicted octanol–water partition coefficient (Wildman–Crippen LogP) is 2.26. The molecular formula is C14H18ClNO4S. The van der Waals surface area contributed by atoms with E-state index in [2.05, 4.69) is 5.32 Å². The molecule has 0 aromatic heterocycles. The number of sulfone groups is 1. The second-order valence-corrected chi connectivity index (χ2v) is 7.83. The predicted molar refractivity (Wildman–Crippen MR) is 82.3 cm³/mol. The summed E-state index contributed by atoms with van der Waals surface area (Å²) in [7, 11) is -3.07. The number of benzene rings is 1. The highest BCUT2D eigenvalue weighted by Crippen LogP contribution is 2.30. The summed E-state index contributed by atoms with van der Waals surface area (Å²) in [6.45, 7) is 1.99.